The second kappa shape index (κ2) is 7.65. The fraction of sp³-hybridized carbons (Fsp3) is 0.909. The van der Waals surface area contributed by atoms with Crippen LogP contribution in [-0.2, 0) is 9.53 Å². The Labute approximate surface area is 91.0 Å². The van der Waals surface area contributed by atoms with Crippen molar-refractivity contribution in [2.45, 2.75) is 32.1 Å². The van der Waals surface area contributed by atoms with Gasteiger partial charge >= 0.3 is 0 Å². The summed E-state index contributed by atoms with van der Waals surface area (Å²) in [5.41, 5.74) is 0. The van der Waals surface area contributed by atoms with Gasteiger partial charge in [0.05, 0.1) is 0 Å². The predicted octanol–water partition coefficient (Wildman–Crippen LogP) is 0.692. The Kier molecular flexibility index (Phi) is 6.36. The molecule has 0 aliphatic carbocycles. The van der Waals surface area contributed by atoms with E-state index in [4.69, 9.17) is 9.84 Å². The number of amides is 1. The molecule has 88 valence electrons. The van der Waals surface area contributed by atoms with E-state index in [1.807, 2.05) is 0 Å². The fourth-order valence-electron chi connectivity index (χ4n) is 1.77. The Hall–Kier alpha value is -0.610. The van der Waals surface area contributed by atoms with Crippen LogP contribution in [0.4, 0.5) is 0 Å². The number of ether oxygens (including phenoxy) is 1. The zero-order valence-electron chi connectivity index (χ0n) is 9.21. The summed E-state index contributed by atoms with van der Waals surface area (Å²) in [4.78, 5) is 11.3. The maximum absolute atomic E-state index is 11.3. The van der Waals surface area contributed by atoms with Gasteiger partial charge < -0.3 is 15.2 Å². The molecular formula is C11H21NO3. The summed E-state index contributed by atoms with van der Waals surface area (Å²) in [7, 11) is 0. The van der Waals surface area contributed by atoms with Gasteiger partial charge in [-0.15, -0.1) is 0 Å². The minimum Gasteiger partial charge on any atom is -0.396 e. The van der Waals surface area contributed by atoms with Crippen LogP contribution < -0.4 is 5.32 Å². The van der Waals surface area contributed by atoms with Gasteiger partial charge in [-0.3, -0.25) is 4.79 Å². The van der Waals surface area contributed by atoms with Crippen molar-refractivity contribution < 1.29 is 14.6 Å². The number of carbonyl (C=O) groups excluding carboxylic acids is 1. The molecule has 1 saturated heterocycles. The maximum atomic E-state index is 11.3. The molecule has 15 heavy (non-hydrogen) atoms. The number of hydrogen-bond acceptors (Lipinski definition) is 3. The van der Waals surface area contributed by atoms with Gasteiger partial charge in [0.1, 0.15) is 0 Å². The third-order valence-electron chi connectivity index (χ3n) is 2.78. The molecule has 0 spiro atoms. The van der Waals surface area contributed by atoms with Gasteiger partial charge in [0.2, 0.25) is 5.91 Å². The highest BCUT2D eigenvalue weighted by atomic mass is 16.5. The predicted molar refractivity (Wildman–Crippen MR) is 57.5 cm³/mol. The molecule has 1 heterocycles. The first-order valence-corrected chi connectivity index (χ1v) is 5.78. The van der Waals surface area contributed by atoms with E-state index in [-0.39, 0.29) is 12.5 Å². The van der Waals surface area contributed by atoms with E-state index in [0.29, 0.717) is 25.3 Å². The van der Waals surface area contributed by atoms with Gasteiger partial charge in [-0.25, -0.2) is 0 Å². The highest BCUT2D eigenvalue weighted by molar-refractivity contribution is 5.75. The molecule has 4 heteroatoms. The number of carbonyl (C=O) groups is 1. The van der Waals surface area contributed by atoms with E-state index in [9.17, 15) is 4.79 Å². The van der Waals surface area contributed by atoms with Crippen molar-refractivity contribution in [1.29, 1.82) is 0 Å². The molecule has 0 saturated carbocycles. The first-order chi connectivity index (χ1) is 7.33. The Balaban J connectivity index is 2.00. The van der Waals surface area contributed by atoms with Crippen LogP contribution in [0.15, 0.2) is 0 Å². The second-order valence-electron chi connectivity index (χ2n) is 4.02. The summed E-state index contributed by atoms with van der Waals surface area (Å²) < 4.78 is 5.26. The zero-order chi connectivity index (χ0) is 10.9. The molecule has 0 unspecified atom stereocenters. The topological polar surface area (TPSA) is 58.6 Å². The van der Waals surface area contributed by atoms with Crippen molar-refractivity contribution in [2.24, 2.45) is 5.92 Å². The number of hydrogen-bond donors (Lipinski definition) is 2. The van der Waals surface area contributed by atoms with Crippen molar-refractivity contribution in [1.82, 2.24) is 5.32 Å². The quantitative estimate of drug-likeness (QED) is 0.641. The molecule has 0 bridgehead atoms. The Morgan fingerprint density at radius 1 is 1.40 bits per heavy atom. The molecule has 0 aromatic carbocycles. The highest BCUT2D eigenvalue weighted by Gasteiger charge is 2.14. The first-order valence-electron chi connectivity index (χ1n) is 5.78. The lowest BCUT2D eigenvalue weighted by molar-refractivity contribution is -0.121. The maximum Gasteiger partial charge on any atom is 0.220 e. The minimum absolute atomic E-state index is 0.106. The number of rotatable bonds is 6. The molecule has 1 fully saturated rings. The van der Waals surface area contributed by atoms with Crippen molar-refractivity contribution in [3.05, 3.63) is 0 Å². The summed E-state index contributed by atoms with van der Waals surface area (Å²) in [5, 5.41) is 11.3. The van der Waals surface area contributed by atoms with Crippen LogP contribution in [0, 0.1) is 5.92 Å². The Bertz CT molecular complexity index is 179. The van der Waals surface area contributed by atoms with E-state index in [1.54, 1.807) is 0 Å². The summed E-state index contributed by atoms with van der Waals surface area (Å²) >= 11 is 0. The highest BCUT2D eigenvalue weighted by Crippen LogP contribution is 2.19. The van der Waals surface area contributed by atoms with Crippen molar-refractivity contribution >= 4 is 5.91 Å². The average Bonchev–Trinajstić information content (AvgIpc) is 2.28. The molecule has 0 aromatic heterocycles. The van der Waals surface area contributed by atoms with Crippen molar-refractivity contribution in [3.8, 4) is 0 Å². The van der Waals surface area contributed by atoms with Crippen LogP contribution >= 0.6 is 0 Å². The average molecular weight is 215 g/mol. The molecule has 1 aliphatic rings. The van der Waals surface area contributed by atoms with Crippen LogP contribution in [0.25, 0.3) is 0 Å². The number of nitrogens with one attached hydrogen (secondary N) is 1. The molecule has 0 atom stereocenters. The summed E-state index contributed by atoms with van der Waals surface area (Å²) in [5.74, 6) is 0.761. The third-order valence-corrected chi connectivity index (χ3v) is 2.78. The molecular weight excluding hydrogens is 194 g/mol. The van der Waals surface area contributed by atoms with Crippen LogP contribution in [0.2, 0.25) is 0 Å². The number of aliphatic hydroxyl groups is 1. The van der Waals surface area contributed by atoms with Gasteiger partial charge in [-0.1, -0.05) is 0 Å². The first kappa shape index (κ1) is 12.5. The molecule has 0 aromatic rings. The van der Waals surface area contributed by atoms with Crippen LogP contribution in [0.1, 0.15) is 32.1 Å². The molecule has 1 rings (SSSR count). The van der Waals surface area contributed by atoms with Crippen LogP contribution in [0.5, 0.6) is 0 Å². The molecule has 4 nitrogen and oxygen atoms in total. The van der Waals surface area contributed by atoms with Crippen molar-refractivity contribution in [3.63, 3.8) is 0 Å². The van der Waals surface area contributed by atoms with Crippen LogP contribution in [0.3, 0.4) is 0 Å². The Morgan fingerprint density at radius 3 is 2.80 bits per heavy atom. The zero-order valence-corrected chi connectivity index (χ0v) is 9.21. The molecule has 2 N–H and O–H groups in total. The minimum atomic E-state index is 0.106. The van der Waals surface area contributed by atoms with E-state index in [0.717, 1.165) is 32.5 Å². The summed E-state index contributed by atoms with van der Waals surface area (Å²) in [6, 6.07) is 0. The smallest absolute Gasteiger partial charge is 0.220 e. The van der Waals surface area contributed by atoms with Crippen molar-refractivity contribution in [2.75, 3.05) is 26.4 Å². The summed E-state index contributed by atoms with van der Waals surface area (Å²) in [6.45, 7) is 2.41. The standard InChI is InChI=1S/C11H21NO3/c13-7-1-6-12-11(14)3-2-10-4-8-15-9-5-10/h10,13H,1-9H2,(H,12,14). The van der Waals surface area contributed by atoms with Gasteiger partial charge in [-0.05, 0) is 31.6 Å². The van der Waals surface area contributed by atoms with E-state index in [1.165, 1.54) is 0 Å². The van der Waals surface area contributed by atoms with Crippen LogP contribution in [-0.4, -0.2) is 37.4 Å². The van der Waals surface area contributed by atoms with Gasteiger partial charge in [0.15, 0.2) is 0 Å². The van der Waals surface area contributed by atoms with E-state index >= 15 is 0 Å². The summed E-state index contributed by atoms with van der Waals surface area (Å²) in [6.07, 6.45) is 4.39. The normalized spacial score (nSPS) is 17.7. The van der Waals surface area contributed by atoms with Gasteiger partial charge in [0.25, 0.3) is 0 Å². The molecule has 0 radical (unpaired) electrons. The van der Waals surface area contributed by atoms with E-state index < -0.39 is 0 Å². The lowest BCUT2D eigenvalue weighted by Crippen LogP contribution is -2.26. The lowest BCUT2D eigenvalue weighted by atomic mass is 9.95. The molecule has 1 aliphatic heterocycles. The number of aliphatic hydroxyl groups excluding tert-OH is 1. The second-order valence-corrected chi connectivity index (χ2v) is 4.02. The van der Waals surface area contributed by atoms with E-state index in [2.05, 4.69) is 5.32 Å². The third kappa shape index (κ3) is 5.74. The Morgan fingerprint density at radius 2 is 2.13 bits per heavy atom. The largest absolute Gasteiger partial charge is 0.396 e. The molecule has 1 amide bonds. The monoisotopic (exact) mass is 215 g/mol. The SMILES string of the molecule is O=C(CCC1CCOCC1)NCCCO. The van der Waals surface area contributed by atoms with Gasteiger partial charge in [-0.2, -0.15) is 0 Å². The van der Waals surface area contributed by atoms with Gasteiger partial charge in [0, 0.05) is 32.8 Å². The fourth-order valence-corrected chi connectivity index (χ4v) is 1.77. The lowest BCUT2D eigenvalue weighted by Gasteiger charge is -2.21.